The smallest absolute Gasteiger partial charge is 0.331 e. The number of hydrogen-bond donors (Lipinski definition) is 0. The molecule has 0 spiro atoms. The van der Waals surface area contributed by atoms with Crippen molar-refractivity contribution in [1.29, 1.82) is 0 Å². The van der Waals surface area contributed by atoms with Gasteiger partial charge in [0.2, 0.25) is 0 Å². The zero-order chi connectivity index (χ0) is 17.5. The normalized spacial score (nSPS) is 10.7. The van der Waals surface area contributed by atoms with Gasteiger partial charge in [0.25, 0.3) is 0 Å². The summed E-state index contributed by atoms with van der Waals surface area (Å²) in [6.07, 6.45) is 2.94. The van der Waals surface area contributed by atoms with Crippen LogP contribution in [0.25, 0.3) is 6.08 Å². The van der Waals surface area contributed by atoms with Crippen LogP contribution in [0.5, 0.6) is 11.5 Å². The Morgan fingerprint density at radius 3 is 2.50 bits per heavy atom. The van der Waals surface area contributed by atoms with Gasteiger partial charge in [-0.2, -0.15) is 0 Å². The maximum Gasteiger partial charge on any atom is 0.331 e. The van der Waals surface area contributed by atoms with Crippen LogP contribution in [-0.4, -0.2) is 20.2 Å². The highest BCUT2D eigenvalue weighted by atomic mass is 35.5. The molecular formula is C18H16Cl2O4. The Hall–Kier alpha value is -2.17. The van der Waals surface area contributed by atoms with Gasteiger partial charge >= 0.3 is 5.97 Å². The molecule has 0 N–H and O–H groups in total. The van der Waals surface area contributed by atoms with Gasteiger partial charge in [0.05, 0.1) is 24.3 Å². The quantitative estimate of drug-likeness (QED) is 0.545. The minimum atomic E-state index is -0.481. The van der Waals surface area contributed by atoms with Gasteiger partial charge in [0.1, 0.15) is 18.1 Å². The minimum absolute atomic E-state index is 0.106. The summed E-state index contributed by atoms with van der Waals surface area (Å²) in [6, 6.07) is 10.4. The first-order chi connectivity index (χ1) is 11.5. The van der Waals surface area contributed by atoms with Gasteiger partial charge in [-0.25, -0.2) is 4.79 Å². The largest absolute Gasteiger partial charge is 0.497 e. The number of esters is 1. The predicted molar refractivity (Wildman–Crippen MR) is 94.8 cm³/mol. The SMILES string of the molecule is COc1ccc(OC)c(/C=C/C(=O)OCc2ccc(Cl)c(Cl)c2)c1. The molecule has 0 aliphatic rings. The van der Waals surface area contributed by atoms with Crippen LogP contribution >= 0.6 is 23.2 Å². The molecule has 0 heterocycles. The monoisotopic (exact) mass is 366 g/mol. The second-order valence-electron chi connectivity index (χ2n) is 4.80. The summed E-state index contributed by atoms with van der Waals surface area (Å²) in [4.78, 5) is 11.9. The van der Waals surface area contributed by atoms with Crippen molar-refractivity contribution in [2.45, 2.75) is 6.61 Å². The van der Waals surface area contributed by atoms with Crippen molar-refractivity contribution in [3.63, 3.8) is 0 Å². The lowest BCUT2D eigenvalue weighted by Crippen LogP contribution is -2.01. The molecule has 0 saturated carbocycles. The molecule has 0 radical (unpaired) electrons. The summed E-state index contributed by atoms with van der Waals surface area (Å²) in [5, 5.41) is 0.874. The summed E-state index contributed by atoms with van der Waals surface area (Å²) in [6.45, 7) is 0.106. The van der Waals surface area contributed by atoms with Gasteiger partial charge in [-0.3, -0.25) is 0 Å². The molecule has 6 heteroatoms. The maximum absolute atomic E-state index is 11.9. The first kappa shape index (κ1) is 18.2. The summed E-state index contributed by atoms with van der Waals surface area (Å²) >= 11 is 11.8. The second kappa shape index (κ2) is 8.62. The summed E-state index contributed by atoms with van der Waals surface area (Å²) < 4.78 is 15.6. The third-order valence-corrected chi connectivity index (χ3v) is 3.94. The standard InChI is InChI=1S/C18H16Cl2O4/c1-22-14-5-7-17(23-2)13(10-14)4-8-18(21)24-11-12-3-6-15(19)16(20)9-12/h3-10H,11H2,1-2H3/b8-4+. The summed E-state index contributed by atoms with van der Waals surface area (Å²) in [5.74, 6) is 0.815. The highest BCUT2D eigenvalue weighted by Crippen LogP contribution is 2.25. The van der Waals surface area contributed by atoms with Crippen LogP contribution in [0, 0.1) is 0 Å². The van der Waals surface area contributed by atoms with Crippen molar-refractivity contribution in [3.8, 4) is 11.5 Å². The third-order valence-electron chi connectivity index (χ3n) is 3.20. The summed E-state index contributed by atoms with van der Waals surface area (Å²) in [5.41, 5.74) is 1.47. The molecule has 4 nitrogen and oxygen atoms in total. The van der Waals surface area contributed by atoms with Crippen molar-refractivity contribution in [2.24, 2.45) is 0 Å². The molecule has 0 saturated heterocycles. The Kier molecular flexibility index (Phi) is 6.53. The first-order valence-corrected chi connectivity index (χ1v) is 7.80. The minimum Gasteiger partial charge on any atom is -0.497 e. The number of benzene rings is 2. The Bertz CT molecular complexity index is 757. The van der Waals surface area contributed by atoms with E-state index in [1.807, 2.05) is 0 Å². The Morgan fingerprint density at radius 1 is 1.04 bits per heavy atom. The van der Waals surface area contributed by atoms with Crippen molar-refractivity contribution in [3.05, 3.63) is 63.6 Å². The lowest BCUT2D eigenvalue weighted by molar-refractivity contribution is -0.138. The van der Waals surface area contributed by atoms with E-state index in [0.29, 0.717) is 27.1 Å². The number of rotatable bonds is 6. The van der Waals surface area contributed by atoms with Crippen LogP contribution in [0.3, 0.4) is 0 Å². The Labute approximate surface area is 150 Å². The zero-order valence-electron chi connectivity index (χ0n) is 13.2. The Morgan fingerprint density at radius 2 is 1.83 bits per heavy atom. The van der Waals surface area contributed by atoms with Crippen LogP contribution < -0.4 is 9.47 Å². The highest BCUT2D eigenvalue weighted by Gasteiger charge is 2.05. The van der Waals surface area contributed by atoms with Crippen LogP contribution in [-0.2, 0) is 16.1 Å². The average Bonchev–Trinajstić information content (AvgIpc) is 2.60. The van der Waals surface area contributed by atoms with Gasteiger partial charge < -0.3 is 14.2 Å². The Balaban J connectivity index is 2.01. The second-order valence-corrected chi connectivity index (χ2v) is 5.61. The van der Waals surface area contributed by atoms with Gasteiger partial charge in [0, 0.05) is 11.6 Å². The lowest BCUT2D eigenvalue weighted by Gasteiger charge is -2.07. The molecule has 2 aromatic carbocycles. The number of ether oxygens (including phenoxy) is 3. The molecule has 2 aromatic rings. The van der Waals surface area contributed by atoms with Crippen LogP contribution in [0.2, 0.25) is 10.0 Å². The van der Waals surface area contributed by atoms with Crippen molar-refractivity contribution in [2.75, 3.05) is 14.2 Å². The van der Waals surface area contributed by atoms with E-state index >= 15 is 0 Å². The molecule has 0 atom stereocenters. The highest BCUT2D eigenvalue weighted by molar-refractivity contribution is 6.42. The molecule has 126 valence electrons. The van der Waals surface area contributed by atoms with Gasteiger partial charge in [-0.1, -0.05) is 29.3 Å². The van der Waals surface area contributed by atoms with Crippen molar-refractivity contribution >= 4 is 35.2 Å². The van der Waals surface area contributed by atoms with E-state index in [1.165, 1.54) is 6.08 Å². The fourth-order valence-electron chi connectivity index (χ4n) is 1.96. The fourth-order valence-corrected chi connectivity index (χ4v) is 2.28. The van der Waals surface area contributed by atoms with Gasteiger partial charge in [0.15, 0.2) is 0 Å². The lowest BCUT2D eigenvalue weighted by atomic mass is 10.1. The van der Waals surface area contributed by atoms with Crippen molar-refractivity contribution in [1.82, 2.24) is 0 Å². The van der Waals surface area contributed by atoms with Crippen molar-refractivity contribution < 1.29 is 19.0 Å². The molecule has 0 aromatic heterocycles. The molecular weight excluding hydrogens is 351 g/mol. The van der Waals surface area contributed by atoms with Gasteiger partial charge in [-0.05, 0) is 42.0 Å². The third kappa shape index (κ3) is 4.91. The van der Waals surface area contributed by atoms with E-state index < -0.39 is 5.97 Å². The number of carbonyl (C=O) groups excluding carboxylic acids is 1. The molecule has 2 rings (SSSR count). The molecule has 24 heavy (non-hydrogen) atoms. The first-order valence-electron chi connectivity index (χ1n) is 7.04. The predicted octanol–water partition coefficient (Wildman–Crippen LogP) is 4.77. The number of halogens is 2. The van der Waals surface area contributed by atoms with E-state index in [0.717, 1.165) is 5.56 Å². The molecule has 0 bridgehead atoms. The molecule has 0 fully saturated rings. The molecule has 0 amide bonds. The molecule has 0 unspecified atom stereocenters. The van der Waals surface area contributed by atoms with Crippen LogP contribution in [0.4, 0.5) is 0 Å². The summed E-state index contributed by atoms with van der Waals surface area (Å²) in [7, 11) is 3.13. The van der Waals surface area contributed by atoms with E-state index in [2.05, 4.69) is 0 Å². The average molecular weight is 367 g/mol. The molecule has 0 aliphatic heterocycles. The maximum atomic E-state index is 11.9. The van der Waals surface area contributed by atoms with E-state index in [4.69, 9.17) is 37.4 Å². The van der Waals surface area contributed by atoms with E-state index in [-0.39, 0.29) is 6.61 Å². The number of methoxy groups -OCH3 is 2. The topological polar surface area (TPSA) is 44.8 Å². The zero-order valence-corrected chi connectivity index (χ0v) is 14.7. The van der Waals surface area contributed by atoms with E-state index in [9.17, 15) is 4.79 Å². The van der Waals surface area contributed by atoms with Crippen LogP contribution in [0.1, 0.15) is 11.1 Å². The number of carbonyl (C=O) groups is 1. The fraction of sp³-hybridized carbons (Fsp3) is 0.167. The van der Waals surface area contributed by atoms with E-state index in [1.54, 1.807) is 56.7 Å². The molecule has 0 aliphatic carbocycles. The number of hydrogen-bond acceptors (Lipinski definition) is 4. The van der Waals surface area contributed by atoms with Crippen LogP contribution in [0.15, 0.2) is 42.5 Å². The van der Waals surface area contributed by atoms with Gasteiger partial charge in [-0.15, -0.1) is 0 Å².